The summed E-state index contributed by atoms with van der Waals surface area (Å²) in [5.41, 5.74) is 5.57. The Morgan fingerprint density at radius 2 is 2.64 bits per heavy atom. The number of ether oxygens (including phenoxy) is 1. The lowest BCUT2D eigenvalue weighted by molar-refractivity contribution is 0.107. The third-order valence-corrected chi connectivity index (χ3v) is 3.32. The smallest absolute Gasteiger partial charge is 0.180 e. The zero-order valence-electron chi connectivity index (χ0n) is 8.27. The molecule has 0 aliphatic carbocycles. The Balaban J connectivity index is 1.87. The third-order valence-electron chi connectivity index (χ3n) is 2.51. The van der Waals surface area contributed by atoms with Crippen LogP contribution in [0.25, 0.3) is 0 Å². The Morgan fingerprint density at radius 1 is 1.79 bits per heavy atom. The normalized spacial score (nSPS) is 23.1. The minimum absolute atomic E-state index is 0.403. The lowest BCUT2D eigenvalue weighted by Crippen LogP contribution is -2.21. The largest absolute Gasteiger partial charge is 0.380 e. The Bertz CT molecular complexity index is 302. The van der Waals surface area contributed by atoms with Crippen molar-refractivity contribution in [2.24, 2.45) is 0 Å². The van der Waals surface area contributed by atoms with Gasteiger partial charge in [-0.2, -0.15) is 0 Å². The van der Waals surface area contributed by atoms with Gasteiger partial charge in [0.05, 0.1) is 6.10 Å². The topological polar surface area (TPSA) is 51.4 Å². The summed E-state index contributed by atoms with van der Waals surface area (Å²) in [5.74, 6) is 0. The fourth-order valence-electron chi connectivity index (χ4n) is 1.75. The van der Waals surface area contributed by atoms with E-state index in [1.807, 2.05) is 6.20 Å². The van der Waals surface area contributed by atoms with Crippen LogP contribution in [-0.4, -0.2) is 36.2 Å². The molecule has 0 aromatic carbocycles. The number of methoxy groups -OCH3 is 1. The standard InChI is InChI=1S/C9H15N3OS/c1-13-7-2-3-12(5-7)6-8-4-11-9(10)14-8/h4,7H,2-3,5-6H2,1H3,(H2,10,11)/t7-/m1/s1. The first-order valence-electron chi connectivity index (χ1n) is 4.73. The Morgan fingerprint density at radius 3 is 3.21 bits per heavy atom. The molecule has 0 unspecified atom stereocenters. The van der Waals surface area contributed by atoms with Crippen molar-refractivity contribution in [3.8, 4) is 0 Å². The van der Waals surface area contributed by atoms with Gasteiger partial charge < -0.3 is 10.5 Å². The molecule has 0 bridgehead atoms. The van der Waals surface area contributed by atoms with E-state index in [0.717, 1.165) is 26.1 Å². The zero-order chi connectivity index (χ0) is 9.97. The molecule has 1 aliphatic heterocycles. The maximum absolute atomic E-state index is 5.57. The van der Waals surface area contributed by atoms with Crippen LogP contribution in [0.4, 0.5) is 5.13 Å². The van der Waals surface area contributed by atoms with Gasteiger partial charge in [0.25, 0.3) is 0 Å². The van der Waals surface area contributed by atoms with Crippen molar-refractivity contribution >= 4 is 16.5 Å². The molecule has 2 heterocycles. The van der Waals surface area contributed by atoms with E-state index >= 15 is 0 Å². The molecule has 2 N–H and O–H groups in total. The van der Waals surface area contributed by atoms with Crippen LogP contribution >= 0.6 is 11.3 Å². The molecule has 1 aromatic heterocycles. The van der Waals surface area contributed by atoms with Gasteiger partial charge in [-0.05, 0) is 6.42 Å². The number of likely N-dealkylation sites (tertiary alicyclic amines) is 1. The molecular weight excluding hydrogens is 198 g/mol. The van der Waals surface area contributed by atoms with Crippen molar-refractivity contribution < 1.29 is 4.74 Å². The maximum atomic E-state index is 5.57. The number of nitrogens with two attached hydrogens (primary N) is 1. The Hall–Kier alpha value is -0.650. The average Bonchev–Trinajstić information content (AvgIpc) is 2.76. The summed E-state index contributed by atoms with van der Waals surface area (Å²) < 4.78 is 5.31. The summed E-state index contributed by atoms with van der Waals surface area (Å²) >= 11 is 1.57. The van der Waals surface area contributed by atoms with Crippen molar-refractivity contribution in [2.45, 2.75) is 19.1 Å². The van der Waals surface area contributed by atoms with E-state index < -0.39 is 0 Å². The lowest BCUT2D eigenvalue weighted by Gasteiger charge is -2.13. The number of hydrogen-bond acceptors (Lipinski definition) is 5. The van der Waals surface area contributed by atoms with E-state index in [1.54, 1.807) is 18.4 Å². The second-order valence-corrected chi connectivity index (χ2v) is 4.69. The molecule has 5 heteroatoms. The van der Waals surface area contributed by atoms with Crippen molar-refractivity contribution in [1.82, 2.24) is 9.88 Å². The van der Waals surface area contributed by atoms with E-state index in [0.29, 0.717) is 11.2 Å². The van der Waals surface area contributed by atoms with Crippen LogP contribution in [-0.2, 0) is 11.3 Å². The van der Waals surface area contributed by atoms with E-state index in [2.05, 4.69) is 9.88 Å². The summed E-state index contributed by atoms with van der Waals surface area (Å²) in [5, 5.41) is 0.655. The molecule has 0 spiro atoms. The van der Waals surface area contributed by atoms with Crippen molar-refractivity contribution in [3.05, 3.63) is 11.1 Å². The van der Waals surface area contributed by atoms with Gasteiger partial charge in [0.1, 0.15) is 0 Å². The molecule has 1 fully saturated rings. The van der Waals surface area contributed by atoms with Gasteiger partial charge in [-0.15, -0.1) is 11.3 Å². The highest BCUT2D eigenvalue weighted by molar-refractivity contribution is 7.15. The monoisotopic (exact) mass is 213 g/mol. The first-order chi connectivity index (χ1) is 6.78. The molecule has 1 saturated heterocycles. The van der Waals surface area contributed by atoms with Crippen molar-refractivity contribution in [1.29, 1.82) is 0 Å². The Kier molecular flexibility index (Phi) is 3.00. The number of thiazole rings is 1. The predicted molar refractivity (Wildman–Crippen MR) is 57.2 cm³/mol. The van der Waals surface area contributed by atoms with Gasteiger partial charge in [-0.1, -0.05) is 0 Å². The van der Waals surface area contributed by atoms with Gasteiger partial charge in [-0.3, -0.25) is 4.90 Å². The number of aromatic nitrogens is 1. The highest BCUT2D eigenvalue weighted by atomic mass is 32.1. The number of hydrogen-bond donors (Lipinski definition) is 1. The fourth-order valence-corrected chi connectivity index (χ4v) is 2.48. The number of nitrogens with zero attached hydrogens (tertiary/aromatic N) is 2. The molecule has 78 valence electrons. The second-order valence-electron chi connectivity index (χ2n) is 3.55. The second kappa shape index (κ2) is 4.25. The molecule has 0 amide bonds. The highest BCUT2D eigenvalue weighted by Gasteiger charge is 2.22. The maximum Gasteiger partial charge on any atom is 0.180 e. The molecule has 2 rings (SSSR count). The first kappa shape index (κ1) is 9.89. The van der Waals surface area contributed by atoms with Crippen LogP contribution in [0.5, 0.6) is 0 Å². The van der Waals surface area contributed by atoms with E-state index in [4.69, 9.17) is 10.5 Å². The summed E-state index contributed by atoms with van der Waals surface area (Å²) in [6.45, 7) is 3.08. The summed E-state index contributed by atoms with van der Waals surface area (Å²) in [4.78, 5) is 7.65. The van der Waals surface area contributed by atoms with Crippen LogP contribution < -0.4 is 5.73 Å². The zero-order valence-corrected chi connectivity index (χ0v) is 9.09. The van der Waals surface area contributed by atoms with Gasteiger partial charge in [0.2, 0.25) is 0 Å². The number of nitrogen functional groups attached to an aromatic ring is 1. The highest BCUT2D eigenvalue weighted by Crippen LogP contribution is 2.20. The van der Waals surface area contributed by atoms with Gasteiger partial charge in [-0.25, -0.2) is 4.98 Å². The molecule has 0 saturated carbocycles. The molecule has 14 heavy (non-hydrogen) atoms. The van der Waals surface area contributed by atoms with Gasteiger partial charge in [0, 0.05) is 37.8 Å². The molecule has 1 aliphatic rings. The minimum atomic E-state index is 0.403. The van der Waals surface area contributed by atoms with Crippen LogP contribution in [0.3, 0.4) is 0 Å². The van der Waals surface area contributed by atoms with E-state index in [9.17, 15) is 0 Å². The minimum Gasteiger partial charge on any atom is -0.380 e. The van der Waals surface area contributed by atoms with Crippen LogP contribution in [0.2, 0.25) is 0 Å². The fraction of sp³-hybridized carbons (Fsp3) is 0.667. The van der Waals surface area contributed by atoms with Crippen LogP contribution in [0.1, 0.15) is 11.3 Å². The average molecular weight is 213 g/mol. The number of anilines is 1. The molecule has 0 radical (unpaired) electrons. The summed E-state index contributed by atoms with van der Waals surface area (Å²) in [6.07, 6.45) is 3.39. The van der Waals surface area contributed by atoms with E-state index in [1.165, 1.54) is 4.88 Å². The SMILES string of the molecule is CO[C@@H]1CCN(Cc2cnc(N)s2)C1. The molecular formula is C9H15N3OS. The van der Waals surface area contributed by atoms with Crippen molar-refractivity contribution in [2.75, 3.05) is 25.9 Å². The Labute approximate surface area is 87.7 Å². The molecule has 1 aromatic rings. The molecule has 1 atom stereocenters. The van der Waals surface area contributed by atoms with Crippen molar-refractivity contribution in [3.63, 3.8) is 0 Å². The summed E-state index contributed by atoms with van der Waals surface area (Å²) in [7, 11) is 1.78. The third kappa shape index (κ3) is 2.23. The first-order valence-corrected chi connectivity index (χ1v) is 5.55. The summed E-state index contributed by atoms with van der Waals surface area (Å²) in [6, 6.07) is 0. The number of rotatable bonds is 3. The molecule has 4 nitrogen and oxygen atoms in total. The predicted octanol–water partition coefficient (Wildman–Crippen LogP) is 0.946. The lowest BCUT2D eigenvalue weighted by atomic mass is 10.3. The van der Waals surface area contributed by atoms with E-state index in [-0.39, 0.29) is 0 Å². The van der Waals surface area contributed by atoms with Crippen LogP contribution in [0, 0.1) is 0 Å². The quantitative estimate of drug-likeness (QED) is 0.812. The van der Waals surface area contributed by atoms with Gasteiger partial charge >= 0.3 is 0 Å². The van der Waals surface area contributed by atoms with Gasteiger partial charge in [0.15, 0.2) is 5.13 Å². The van der Waals surface area contributed by atoms with Crippen LogP contribution in [0.15, 0.2) is 6.20 Å².